The van der Waals surface area contributed by atoms with Gasteiger partial charge in [-0.2, -0.15) is 0 Å². The van der Waals surface area contributed by atoms with Crippen LogP contribution in [-0.4, -0.2) is 25.5 Å². The second kappa shape index (κ2) is 4.97. The number of halogens is 1. The summed E-state index contributed by atoms with van der Waals surface area (Å²) < 4.78 is 1.00. The minimum Gasteiger partial charge on any atom is -0.311 e. The van der Waals surface area contributed by atoms with Gasteiger partial charge in [0.25, 0.3) is 0 Å². The number of anilines is 1. The van der Waals surface area contributed by atoms with Gasteiger partial charge in [0.15, 0.2) is 0 Å². The van der Waals surface area contributed by atoms with E-state index in [0.29, 0.717) is 0 Å². The lowest BCUT2D eigenvalue weighted by atomic mass is 10.0. The molecular weight excluding hydrogens is 268 g/mol. The zero-order valence-corrected chi connectivity index (χ0v) is 10.8. The molecule has 1 atom stereocenters. The molecule has 1 amide bonds. The molecule has 1 aliphatic rings. The fourth-order valence-electron chi connectivity index (χ4n) is 2.04. The van der Waals surface area contributed by atoms with Gasteiger partial charge >= 0.3 is 0 Å². The Morgan fingerprint density at radius 3 is 3.00 bits per heavy atom. The van der Waals surface area contributed by atoms with Crippen LogP contribution in [0, 0.1) is 0 Å². The standard InChI is InChI=1S/C12H15BrN2O/c1-14-11-6-3-7-15(12(11)16)10-5-2-4-9(13)8-10/h2,4-5,8,11,14H,3,6-7H2,1H3. The molecule has 0 aliphatic carbocycles. The van der Waals surface area contributed by atoms with E-state index < -0.39 is 0 Å². The number of carbonyl (C=O) groups is 1. The van der Waals surface area contributed by atoms with Gasteiger partial charge in [-0.3, -0.25) is 4.79 Å². The fourth-order valence-corrected chi connectivity index (χ4v) is 2.43. The molecule has 2 rings (SSSR count). The lowest BCUT2D eigenvalue weighted by Gasteiger charge is -2.32. The van der Waals surface area contributed by atoms with Crippen molar-refractivity contribution in [1.82, 2.24) is 5.32 Å². The van der Waals surface area contributed by atoms with Crippen LogP contribution < -0.4 is 10.2 Å². The molecule has 0 saturated carbocycles. The van der Waals surface area contributed by atoms with E-state index in [1.165, 1.54) is 0 Å². The van der Waals surface area contributed by atoms with Crippen LogP contribution in [-0.2, 0) is 4.79 Å². The summed E-state index contributed by atoms with van der Waals surface area (Å²) in [5.74, 6) is 0.173. The highest BCUT2D eigenvalue weighted by Gasteiger charge is 2.28. The summed E-state index contributed by atoms with van der Waals surface area (Å²) in [4.78, 5) is 14.0. The maximum atomic E-state index is 12.1. The van der Waals surface area contributed by atoms with E-state index in [1.807, 2.05) is 36.2 Å². The Kier molecular flexibility index (Phi) is 3.61. The molecule has 1 N–H and O–H groups in total. The predicted molar refractivity (Wildman–Crippen MR) is 68.6 cm³/mol. The average molecular weight is 283 g/mol. The van der Waals surface area contributed by atoms with E-state index in [2.05, 4.69) is 21.2 Å². The summed E-state index contributed by atoms with van der Waals surface area (Å²) in [5.41, 5.74) is 0.972. The second-order valence-electron chi connectivity index (χ2n) is 3.95. The Morgan fingerprint density at radius 2 is 2.31 bits per heavy atom. The van der Waals surface area contributed by atoms with Crippen molar-refractivity contribution in [3.8, 4) is 0 Å². The smallest absolute Gasteiger partial charge is 0.244 e. The molecule has 0 radical (unpaired) electrons. The number of likely N-dealkylation sites (N-methyl/N-ethyl adjacent to an activating group) is 1. The van der Waals surface area contributed by atoms with Crippen LogP contribution in [0.25, 0.3) is 0 Å². The van der Waals surface area contributed by atoms with Crippen LogP contribution in [0.1, 0.15) is 12.8 Å². The summed E-state index contributed by atoms with van der Waals surface area (Å²) in [6.07, 6.45) is 1.98. The van der Waals surface area contributed by atoms with Crippen LogP contribution in [0.5, 0.6) is 0 Å². The van der Waals surface area contributed by atoms with Crippen LogP contribution in [0.3, 0.4) is 0 Å². The maximum Gasteiger partial charge on any atom is 0.244 e. The molecule has 1 aromatic carbocycles. The van der Waals surface area contributed by atoms with E-state index >= 15 is 0 Å². The molecule has 4 heteroatoms. The Labute approximate surface area is 104 Å². The van der Waals surface area contributed by atoms with Crippen LogP contribution >= 0.6 is 15.9 Å². The van der Waals surface area contributed by atoms with Crippen molar-refractivity contribution < 1.29 is 4.79 Å². The van der Waals surface area contributed by atoms with Crippen molar-refractivity contribution in [2.75, 3.05) is 18.5 Å². The van der Waals surface area contributed by atoms with Crippen LogP contribution in [0.15, 0.2) is 28.7 Å². The third kappa shape index (κ3) is 2.28. The number of benzene rings is 1. The summed E-state index contributed by atoms with van der Waals surface area (Å²) in [7, 11) is 1.84. The third-order valence-corrected chi connectivity index (χ3v) is 3.40. The normalized spacial score (nSPS) is 21.2. The molecule has 16 heavy (non-hydrogen) atoms. The number of nitrogens with one attached hydrogen (secondary N) is 1. The average Bonchev–Trinajstić information content (AvgIpc) is 2.29. The van der Waals surface area contributed by atoms with Crippen molar-refractivity contribution >= 4 is 27.5 Å². The number of hydrogen-bond donors (Lipinski definition) is 1. The summed E-state index contributed by atoms with van der Waals surface area (Å²) >= 11 is 3.43. The number of nitrogens with zero attached hydrogens (tertiary/aromatic N) is 1. The highest BCUT2D eigenvalue weighted by atomic mass is 79.9. The van der Waals surface area contributed by atoms with Gasteiger partial charge in [0.2, 0.25) is 5.91 Å². The minimum absolute atomic E-state index is 0.0345. The third-order valence-electron chi connectivity index (χ3n) is 2.91. The zero-order valence-electron chi connectivity index (χ0n) is 9.24. The largest absolute Gasteiger partial charge is 0.311 e. The van der Waals surface area contributed by atoms with Crippen LogP contribution in [0.4, 0.5) is 5.69 Å². The van der Waals surface area contributed by atoms with E-state index in [0.717, 1.165) is 29.5 Å². The molecule has 0 bridgehead atoms. The first-order valence-corrected chi connectivity index (χ1v) is 6.26. The monoisotopic (exact) mass is 282 g/mol. The topological polar surface area (TPSA) is 32.3 Å². The van der Waals surface area contributed by atoms with Crippen molar-refractivity contribution in [3.63, 3.8) is 0 Å². The first kappa shape index (κ1) is 11.6. The molecule has 0 spiro atoms. The molecule has 1 unspecified atom stereocenters. The van der Waals surface area contributed by atoms with Crippen molar-refractivity contribution in [2.24, 2.45) is 0 Å². The van der Waals surface area contributed by atoms with Gasteiger partial charge in [0.05, 0.1) is 6.04 Å². The minimum atomic E-state index is -0.0345. The van der Waals surface area contributed by atoms with Gasteiger partial charge in [-0.15, -0.1) is 0 Å². The Balaban J connectivity index is 2.23. The number of hydrogen-bond acceptors (Lipinski definition) is 2. The van der Waals surface area contributed by atoms with Gasteiger partial charge in [-0.05, 0) is 38.1 Å². The number of piperidine rings is 1. The Hall–Kier alpha value is -0.870. The number of amides is 1. The van der Waals surface area contributed by atoms with Crippen molar-refractivity contribution in [3.05, 3.63) is 28.7 Å². The maximum absolute atomic E-state index is 12.1. The fraction of sp³-hybridized carbons (Fsp3) is 0.417. The zero-order chi connectivity index (χ0) is 11.5. The molecule has 1 heterocycles. The second-order valence-corrected chi connectivity index (χ2v) is 4.87. The molecule has 1 fully saturated rings. The predicted octanol–water partition coefficient (Wildman–Crippen LogP) is 2.16. The van der Waals surface area contributed by atoms with E-state index in [-0.39, 0.29) is 11.9 Å². The summed E-state index contributed by atoms with van der Waals surface area (Å²) in [5, 5.41) is 3.07. The van der Waals surface area contributed by atoms with Gasteiger partial charge in [0, 0.05) is 16.7 Å². The lowest BCUT2D eigenvalue weighted by molar-refractivity contribution is -0.121. The molecule has 1 saturated heterocycles. The Bertz CT molecular complexity index is 394. The van der Waals surface area contributed by atoms with E-state index in [9.17, 15) is 4.79 Å². The molecule has 1 aromatic rings. The molecule has 86 valence electrons. The first-order valence-electron chi connectivity index (χ1n) is 5.46. The highest BCUT2D eigenvalue weighted by molar-refractivity contribution is 9.10. The summed E-state index contributed by atoms with van der Waals surface area (Å²) in [6, 6.07) is 7.84. The Morgan fingerprint density at radius 1 is 1.50 bits per heavy atom. The molecule has 0 aromatic heterocycles. The highest BCUT2D eigenvalue weighted by Crippen LogP contribution is 2.24. The van der Waals surface area contributed by atoms with Gasteiger partial charge < -0.3 is 10.2 Å². The van der Waals surface area contributed by atoms with Gasteiger partial charge in [0.1, 0.15) is 0 Å². The van der Waals surface area contributed by atoms with E-state index in [4.69, 9.17) is 0 Å². The molecular formula is C12H15BrN2O. The van der Waals surface area contributed by atoms with E-state index in [1.54, 1.807) is 0 Å². The molecule has 3 nitrogen and oxygen atoms in total. The summed E-state index contributed by atoms with van der Waals surface area (Å²) in [6.45, 7) is 0.813. The number of rotatable bonds is 2. The quantitative estimate of drug-likeness (QED) is 0.902. The lowest BCUT2D eigenvalue weighted by Crippen LogP contribution is -2.49. The van der Waals surface area contributed by atoms with Crippen molar-refractivity contribution in [1.29, 1.82) is 0 Å². The SMILES string of the molecule is CNC1CCCN(c2cccc(Br)c2)C1=O. The van der Waals surface area contributed by atoms with Crippen molar-refractivity contribution in [2.45, 2.75) is 18.9 Å². The first-order chi connectivity index (χ1) is 7.72. The van der Waals surface area contributed by atoms with Gasteiger partial charge in [-0.25, -0.2) is 0 Å². The number of carbonyl (C=O) groups excluding carboxylic acids is 1. The van der Waals surface area contributed by atoms with Gasteiger partial charge in [-0.1, -0.05) is 22.0 Å². The molecule has 1 aliphatic heterocycles. The van der Waals surface area contributed by atoms with Crippen LogP contribution in [0.2, 0.25) is 0 Å².